The van der Waals surface area contributed by atoms with Crippen molar-refractivity contribution in [3.8, 4) is 0 Å². The van der Waals surface area contributed by atoms with Crippen molar-refractivity contribution >= 4 is 24.3 Å². The Bertz CT molecular complexity index is 257. The number of esters is 1. The molecule has 0 bridgehead atoms. The van der Waals surface area contributed by atoms with Crippen molar-refractivity contribution in [1.29, 1.82) is 0 Å². The summed E-state index contributed by atoms with van der Waals surface area (Å²) < 4.78 is 4.56. The van der Waals surface area contributed by atoms with Crippen molar-refractivity contribution in [2.45, 2.75) is 39.2 Å². The highest BCUT2D eigenvalue weighted by Crippen LogP contribution is 2.08. The maximum Gasteiger partial charge on any atom is 0.310 e. The average molecular weight is 267 g/mol. The lowest BCUT2D eigenvalue weighted by atomic mass is 9.96. The van der Waals surface area contributed by atoms with E-state index in [1.54, 1.807) is 13.8 Å². The molecule has 17 heavy (non-hydrogen) atoms. The largest absolute Gasteiger partial charge is 0.469 e. The van der Waals surface area contributed by atoms with E-state index >= 15 is 0 Å². The molecule has 0 aromatic rings. The fourth-order valence-corrected chi connectivity index (χ4v) is 1.37. The fraction of sp³-hybridized carbons (Fsp3) is 0.818. The molecular weight excluding hydrogens is 244 g/mol. The zero-order valence-electron chi connectivity index (χ0n) is 10.9. The van der Waals surface area contributed by atoms with Crippen molar-refractivity contribution < 1.29 is 14.3 Å². The molecular formula is C11H23ClN2O3. The van der Waals surface area contributed by atoms with Crippen LogP contribution in [0.2, 0.25) is 0 Å². The second-order valence-corrected chi connectivity index (χ2v) is 4.30. The minimum Gasteiger partial charge on any atom is -0.469 e. The van der Waals surface area contributed by atoms with E-state index in [1.165, 1.54) is 7.11 Å². The highest BCUT2D eigenvalue weighted by Gasteiger charge is 2.27. The first-order valence-electron chi connectivity index (χ1n) is 5.50. The number of amides is 1. The standard InChI is InChI=1S/C11H22N2O3.ClH/c1-5-6-11(3,12)10(15)13-7-8(2)9(14)16-4;/h8H,5-7,12H2,1-4H3,(H,13,15);1H. The highest BCUT2D eigenvalue weighted by atomic mass is 35.5. The van der Waals surface area contributed by atoms with Crippen LogP contribution >= 0.6 is 12.4 Å². The number of hydrogen-bond donors (Lipinski definition) is 2. The summed E-state index contributed by atoms with van der Waals surface area (Å²) in [6, 6.07) is 0. The SMILES string of the molecule is CCCC(C)(N)C(=O)NCC(C)C(=O)OC.Cl. The van der Waals surface area contributed by atoms with Gasteiger partial charge in [0.2, 0.25) is 5.91 Å². The van der Waals surface area contributed by atoms with Crippen molar-refractivity contribution in [3.63, 3.8) is 0 Å². The average Bonchev–Trinajstić information content (AvgIpc) is 2.23. The normalized spacial score (nSPS) is 15.1. The van der Waals surface area contributed by atoms with Gasteiger partial charge < -0.3 is 15.8 Å². The Balaban J connectivity index is 0. The Kier molecular flexibility index (Phi) is 9.06. The Labute approximate surface area is 109 Å². The third-order valence-corrected chi connectivity index (χ3v) is 2.46. The molecule has 0 spiro atoms. The molecule has 6 heteroatoms. The van der Waals surface area contributed by atoms with E-state index < -0.39 is 5.54 Å². The van der Waals surface area contributed by atoms with E-state index in [1.807, 2.05) is 6.92 Å². The van der Waals surface area contributed by atoms with Gasteiger partial charge in [0.1, 0.15) is 0 Å². The molecule has 1 amide bonds. The lowest BCUT2D eigenvalue weighted by molar-refractivity contribution is -0.144. The molecule has 0 aromatic heterocycles. The summed E-state index contributed by atoms with van der Waals surface area (Å²) in [5, 5.41) is 2.66. The van der Waals surface area contributed by atoms with Gasteiger partial charge in [-0.25, -0.2) is 0 Å². The summed E-state index contributed by atoms with van der Waals surface area (Å²) in [5.74, 6) is -0.925. The number of methoxy groups -OCH3 is 1. The van der Waals surface area contributed by atoms with Crippen LogP contribution in [0.15, 0.2) is 0 Å². The van der Waals surface area contributed by atoms with Gasteiger partial charge in [-0.2, -0.15) is 0 Å². The first-order chi connectivity index (χ1) is 7.35. The van der Waals surface area contributed by atoms with Gasteiger partial charge in [0.05, 0.1) is 18.6 Å². The molecule has 3 N–H and O–H groups in total. The lowest BCUT2D eigenvalue weighted by Crippen LogP contribution is -2.52. The molecule has 2 unspecified atom stereocenters. The molecule has 0 heterocycles. The number of carbonyl (C=O) groups is 2. The summed E-state index contributed by atoms with van der Waals surface area (Å²) in [5.41, 5.74) is 4.97. The van der Waals surface area contributed by atoms with Crippen LogP contribution in [0.1, 0.15) is 33.6 Å². The van der Waals surface area contributed by atoms with Crippen LogP contribution < -0.4 is 11.1 Å². The number of rotatable bonds is 6. The van der Waals surface area contributed by atoms with Crippen LogP contribution in [0, 0.1) is 5.92 Å². The third-order valence-electron chi connectivity index (χ3n) is 2.46. The summed E-state index contributed by atoms with van der Waals surface area (Å²) >= 11 is 0. The fourth-order valence-electron chi connectivity index (χ4n) is 1.37. The molecule has 0 aliphatic rings. The molecule has 0 saturated heterocycles. The van der Waals surface area contributed by atoms with Crippen LogP contribution in [0.25, 0.3) is 0 Å². The number of nitrogens with two attached hydrogens (primary N) is 1. The molecule has 2 atom stereocenters. The van der Waals surface area contributed by atoms with Gasteiger partial charge in [-0.15, -0.1) is 12.4 Å². The van der Waals surface area contributed by atoms with Crippen LogP contribution in [0.4, 0.5) is 0 Å². The quantitative estimate of drug-likeness (QED) is 0.699. The first-order valence-corrected chi connectivity index (χ1v) is 5.50. The predicted octanol–water partition coefficient (Wildman–Crippen LogP) is 0.851. The highest BCUT2D eigenvalue weighted by molar-refractivity contribution is 5.86. The molecule has 102 valence electrons. The van der Waals surface area contributed by atoms with Crippen molar-refractivity contribution in [3.05, 3.63) is 0 Å². The minimum absolute atomic E-state index is 0. The molecule has 0 saturated carbocycles. The maximum atomic E-state index is 11.7. The van der Waals surface area contributed by atoms with Gasteiger partial charge in [-0.05, 0) is 13.3 Å². The van der Waals surface area contributed by atoms with E-state index in [9.17, 15) is 9.59 Å². The van der Waals surface area contributed by atoms with Crippen LogP contribution in [0.3, 0.4) is 0 Å². The Morgan fingerprint density at radius 2 is 2.00 bits per heavy atom. The molecule has 0 aromatic carbocycles. The number of ether oxygens (including phenoxy) is 1. The van der Waals surface area contributed by atoms with Gasteiger partial charge in [0.25, 0.3) is 0 Å². The van der Waals surface area contributed by atoms with Gasteiger partial charge in [-0.1, -0.05) is 20.3 Å². The van der Waals surface area contributed by atoms with Crippen molar-refractivity contribution in [2.24, 2.45) is 11.7 Å². The second-order valence-electron chi connectivity index (χ2n) is 4.30. The van der Waals surface area contributed by atoms with Gasteiger partial charge >= 0.3 is 5.97 Å². The van der Waals surface area contributed by atoms with Crippen LogP contribution in [0.5, 0.6) is 0 Å². The summed E-state index contributed by atoms with van der Waals surface area (Å²) in [7, 11) is 1.32. The molecule has 0 aliphatic carbocycles. The number of nitrogens with one attached hydrogen (secondary N) is 1. The van der Waals surface area contributed by atoms with Crippen molar-refractivity contribution in [1.82, 2.24) is 5.32 Å². The maximum absolute atomic E-state index is 11.7. The number of carbonyl (C=O) groups excluding carboxylic acids is 2. The second kappa shape index (κ2) is 8.31. The van der Waals surface area contributed by atoms with E-state index in [4.69, 9.17) is 5.73 Å². The van der Waals surface area contributed by atoms with Gasteiger partial charge in [-0.3, -0.25) is 9.59 Å². The zero-order valence-corrected chi connectivity index (χ0v) is 11.7. The van der Waals surface area contributed by atoms with Crippen LogP contribution in [-0.4, -0.2) is 31.1 Å². The Morgan fingerprint density at radius 3 is 2.41 bits per heavy atom. The lowest BCUT2D eigenvalue weighted by Gasteiger charge is -2.23. The topological polar surface area (TPSA) is 81.4 Å². The summed E-state index contributed by atoms with van der Waals surface area (Å²) in [6.07, 6.45) is 1.46. The predicted molar refractivity (Wildman–Crippen MR) is 68.9 cm³/mol. The molecule has 5 nitrogen and oxygen atoms in total. The van der Waals surface area contributed by atoms with E-state index in [0.717, 1.165) is 6.42 Å². The Morgan fingerprint density at radius 1 is 1.47 bits per heavy atom. The van der Waals surface area contributed by atoms with E-state index in [2.05, 4.69) is 10.1 Å². The minimum atomic E-state index is -0.870. The Hall–Kier alpha value is -0.810. The summed E-state index contributed by atoms with van der Waals surface area (Å²) in [6.45, 7) is 5.60. The molecule has 0 rings (SSSR count). The van der Waals surface area contributed by atoms with Gasteiger partial charge in [0.15, 0.2) is 0 Å². The summed E-state index contributed by atoms with van der Waals surface area (Å²) in [4.78, 5) is 22.8. The molecule has 0 aliphatic heterocycles. The molecule has 0 radical (unpaired) electrons. The smallest absolute Gasteiger partial charge is 0.310 e. The van der Waals surface area contributed by atoms with Crippen LogP contribution in [-0.2, 0) is 14.3 Å². The van der Waals surface area contributed by atoms with E-state index in [-0.39, 0.29) is 36.7 Å². The van der Waals surface area contributed by atoms with Crippen molar-refractivity contribution in [2.75, 3.05) is 13.7 Å². The number of halogens is 1. The monoisotopic (exact) mass is 266 g/mol. The van der Waals surface area contributed by atoms with Gasteiger partial charge in [0, 0.05) is 6.54 Å². The zero-order chi connectivity index (χ0) is 12.8. The number of hydrogen-bond acceptors (Lipinski definition) is 4. The van der Waals surface area contributed by atoms with E-state index in [0.29, 0.717) is 6.42 Å². The third kappa shape index (κ3) is 6.48. The first kappa shape index (κ1) is 18.6. The molecule has 0 fully saturated rings.